The molecule has 0 N–H and O–H groups in total. The van der Waals surface area contributed by atoms with Gasteiger partial charge in [0.2, 0.25) is 0 Å². The topological polar surface area (TPSA) is 30.9 Å². The molecule has 5 atom stereocenters. The average Bonchev–Trinajstić information content (AvgIpc) is 2.75. The Hall–Kier alpha value is -0.940. The molecule has 4 heteroatoms. The molecule has 4 aliphatic rings. The first kappa shape index (κ1) is 14.6. The van der Waals surface area contributed by atoms with Crippen LogP contribution in [0.25, 0.3) is 0 Å². The smallest absolute Gasteiger partial charge is 0.191 e. The number of nitrogens with zero attached hydrogens (tertiary/aromatic N) is 1. The minimum Gasteiger partial charge on any atom is -0.348 e. The van der Waals surface area contributed by atoms with Gasteiger partial charge in [-0.1, -0.05) is 48.9 Å². The third-order valence-corrected chi connectivity index (χ3v) is 5.71. The molecule has 120 valence electrons. The van der Waals surface area contributed by atoms with E-state index in [2.05, 4.69) is 44.2 Å². The van der Waals surface area contributed by atoms with Gasteiger partial charge in [-0.2, -0.15) is 0 Å². The molecule has 1 unspecified atom stereocenters. The Balaban J connectivity index is 1.66. The van der Waals surface area contributed by atoms with E-state index in [9.17, 15) is 0 Å². The van der Waals surface area contributed by atoms with E-state index in [-0.39, 0.29) is 5.54 Å². The van der Waals surface area contributed by atoms with Crippen molar-refractivity contribution in [3.8, 4) is 0 Å². The standard InChI is InChI=1S/C18H25NO3/c1-3-4-10-20-18-11-15-13-21-19(22-18)17(15,2)16(12-18)14-8-6-5-7-9-14/h5-9,15-16H,3-4,10-13H2,1-2H3/t15-,16+,17+,18-/m0/s1. The first-order valence-electron chi connectivity index (χ1n) is 8.49. The molecule has 1 aromatic carbocycles. The van der Waals surface area contributed by atoms with Crippen LogP contribution in [0.1, 0.15) is 51.0 Å². The molecule has 5 rings (SSSR count). The summed E-state index contributed by atoms with van der Waals surface area (Å²) in [6.45, 7) is 5.95. The molecule has 4 fully saturated rings. The largest absolute Gasteiger partial charge is 0.348 e. The molecule has 1 aromatic rings. The fraction of sp³-hybridized carbons (Fsp3) is 0.667. The second-order valence-corrected chi connectivity index (χ2v) is 7.05. The Bertz CT molecular complexity index is 518. The number of rotatable bonds is 5. The second-order valence-electron chi connectivity index (χ2n) is 7.05. The highest BCUT2D eigenvalue weighted by molar-refractivity contribution is 5.28. The molecule has 0 aromatic heterocycles. The third kappa shape index (κ3) is 2.05. The van der Waals surface area contributed by atoms with Gasteiger partial charge in [-0.25, -0.2) is 4.84 Å². The van der Waals surface area contributed by atoms with Gasteiger partial charge in [0, 0.05) is 24.7 Å². The lowest BCUT2D eigenvalue weighted by atomic mass is 9.62. The Morgan fingerprint density at radius 1 is 1.27 bits per heavy atom. The number of unbranched alkanes of at least 4 members (excludes halogenated alkanes) is 1. The van der Waals surface area contributed by atoms with Gasteiger partial charge in [0.15, 0.2) is 5.79 Å². The minimum absolute atomic E-state index is 0.0861. The van der Waals surface area contributed by atoms with Gasteiger partial charge in [0.1, 0.15) is 0 Å². The number of hydrogen-bond donors (Lipinski definition) is 0. The van der Waals surface area contributed by atoms with E-state index in [0.29, 0.717) is 11.8 Å². The quantitative estimate of drug-likeness (QED) is 0.777. The monoisotopic (exact) mass is 303 g/mol. The fourth-order valence-electron chi connectivity index (χ4n) is 4.31. The molecule has 0 amide bonds. The fourth-order valence-corrected chi connectivity index (χ4v) is 4.31. The van der Waals surface area contributed by atoms with Gasteiger partial charge in [-0.05, 0) is 18.9 Å². The highest BCUT2D eigenvalue weighted by atomic mass is 17.0. The Kier molecular flexibility index (Phi) is 3.53. The molecule has 1 aliphatic carbocycles. The zero-order chi connectivity index (χ0) is 15.2. The van der Waals surface area contributed by atoms with Crippen LogP contribution in [0.15, 0.2) is 30.3 Å². The van der Waals surface area contributed by atoms with Crippen LogP contribution >= 0.6 is 0 Å². The molecular weight excluding hydrogens is 278 g/mol. The van der Waals surface area contributed by atoms with Gasteiger partial charge in [-0.15, -0.1) is 0 Å². The maximum atomic E-state index is 6.23. The summed E-state index contributed by atoms with van der Waals surface area (Å²) in [4.78, 5) is 12.0. The number of hydrogen-bond acceptors (Lipinski definition) is 4. The van der Waals surface area contributed by atoms with Crippen LogP contribution in [-0.2, 0) is 14.4 Å². The first-order valence-corrected chi connectivity index (χ1v) is 8.49. The highest BCUT2D eigenvalue weighted by Gasteiger charge is 2.67. The molecule has 3 aliphatic heterocycles. The van der Waals surface area contributed by atoms with E-state index < -0.39 is 5.79 Å². The van der Waals surface area contributed by atoms with Crippen molar-refractivity contribution in [2.75, 3.05) is 13.2 Å². The molecular formula is C18H25NO3. The lowest BCUT2D eigenvalue weighted by Crippen LogP contribution is -2.66. The van der Waals surface area contributed by atoms with Crippen molar-refractivity contribution >= 4 is 0 Å². The first-order chi connectivity index (χ1) is 10.7. The molecule has 4 bridgehead atoms. The van der Waals surface area contributed by atoms with Crippen LogP contribution in [0.5, 0.6) is 0 Å². The predicted molar refractivity (Wildman–Crippen MR) is 82.8 cm³/mol. The van der Waals surface area contributed by atoms with Gasteiger partial charge < -0.3 is 4.74 Å². The molecule has 22 heavy (non-hydrogen) atoms. The number of benzene rings is 1. The van der Waals surface area contributed by atoms with E-state index in [1.807, 2.05) is 0 Å². The molecule has 3 saturated heterocycles. The maximum absolute atomic E-state index is 6.23. The lowest BCUT2D eigenvalue weighted by Gasteiger charge is -2.58. The van der Waals surface area contributed by atoms with E-state index in [1.54, 1.807) is 5.23 Å². The highest BCUT2D eigenvalue weighted by Crippen LogP contribution is 2.60. The molecule has 0 spiro atoms. The van der Waals surface area contributed by atoms with Crippen LogP contribution in [0.2, 0.25) is 0 Å². The minimum atomic E-state index is -0.505. The number of fused-ring (bicyclic) bond motifs is 1. The predicted octanol–water partition coefficient (Wildman–Crippen LogP) is 3.64. The Morgan fingerprint density at radius 2 is 2.09 bits per heavy atom. The maximum Gasteiger partial charge on any atom is 0.191 e. The van der Waals surface area contributed by atoms with Crippen molar-refractivity contribution in [1.29, 1.82) is 0 Å². The third-order valence-electron chi connectivity index (χ3n) is 5.71. The molecule has 4 nitrogen and oxygen atoms in total. The van der Waals surface area contributed by atoms with Gasteiger partial charge >= 0.3 is 0 Å². The summed E-state index contributed by atoms with van der Waals surface area (Å²) in [6.07, 6.45) is 4.06. The summed E-state index contributed by atoms with van der Waals surface area (Å²) < 4.78 is 6.23. The summed E-state index contributed by atoms with van der Waals surface area (Å²) in [5.74, 6) is 0.335. The Labute approximate surface area is 132 Å². The summed E-state index contributed by atoms with van der Waals surface area (Å²) in [5, 5.41) is 1.76. The van der Waals surface area contributed by atoms with E-state index in [4.69, 9.17) is 14.4 Å². The van der Waals surface area contributed by atoms with Crippen LogP contribution in [0, 0.1) is 5.92 Å². The molecule has 1 saturated carbocycles. The molecule has 3 heterocycles. The normalized spacial score (nSPS) is 42.7. The van der Waals surface area contributed by atoms with Crippen LogP contribution in [0.4, 0.5) is 0 Å². The lowest BCUT2D eigenvalue weighted by molar-refractivity contribution is -0.501. The van der Waals surface area contributed by atoms with Crippen molar-refractivity contribution in [1.82, 2.24) is 5.23 Å². The van der Waals surface area contributed by atoms with E-state index >= 15 is 0 Å². The van der Waals surface area contributed by atoms with E-state index in [1.165, 1.54) is 5.56 Å². The van der Waals surface area contributed by atoms with Gasteiger partial charge in [0.05, 0.1) is 18.8 Å². The van der Waals surface area contributed by atoms with Gasteiger partial charge in [-0.3, -0.25) is 4.84 Å². The van der Waals surface area contributed by atoms with Crippen LogP contribution in [-0.4, -0.2) is 29.8 Å². The second kappa shape index (κ2) is 5.31. The van der Waals surface area contributed by atoms with Crippen LogP contribution < -0.4 is 0 Å². The van der Waals surface area contributed by atoms with Crippen molar-refractivity contribution in [2.45, 2.75) is 56.8 Å². The van der Waals surface area contributed by atoms with E-state index in [0.717, 1.165) is 38.9 Å². The van der Waals surface area contributed by atoms with Crippen molar-refractivity contribution in [3.05, 3.63) is 35.9 Å². The summed E-state index contributed by atoms with van der Waals surface area (Å²) in [7, 11) is 0. The zero-order valence-electron chi connectivity index (χ0n) is 13.5. The number of ether oxygens (including phenoxy) is 1. The summed E-state index contributed by atoms with van der Waals surface area (Å²) >= 11 is 0. The summed E-state index contributed by atoms with van der Waals surface area (Å²) in [6, 6.07) is 10.7. The average molecular weight is 303 g/mol. The number of hydroxylamine groups is 2. The van der Waals surface area contributed by atoms with Crippen molar-refractivity contribution < 1.29 is 14.4 Å². The SMILES string of the molecule is CCCCO[C@@]12C[C@H]3CON(O1)[C@@]3(C)[C@@H](c1ccccc1)C2. The Morgan fingerprint density at radius 3 is 2.82 bits per heavy atom. The molecule has 0 radical (unpaired) electrons. The summed E-state index contributed by atoms with van der Waals surface area (Å²) in [5.41, 5.74) is 1.27. The van der Waals surface area contributed by atoms with Gasteiger partial charge in [0.25, 0.3) is 0 Å². The van der Waals surface area contributed by atoms with Crippen LogP contribution in [0.3, 0.4) is 0 Å². The van der Waals surface area contributed by atoms with Crippen molar-refractivity contribution in [2.24, 2.45) is 5.92 Å². The zero-order valence-corrected chi connectivity index (χ0v) is 13.5. The van der Waals surface area contributed by atoms with Crippen molar-refractivity contribution in [3.63, 3.8) is 0 Å².